The normalized spacial score (nSPS) is 11.9. The molecular weight excluding hydrogens is 376 g/mol. The maximum Gasteiger partial charge on any atom is 0.161 e. The van der Waals surface area contributed by atoms with E-state index in [1.807, 2.05) is 55.6 Å². The first-order valence-electron chi connectivity index (χ1n) is 9.03. The van der Waals surface area contributed by atoms with Gasteiger partial charge in [-0.1, -0.05) is 35.9 Å². The number of hydrogen-bond donors (Lipinski definition) is 1. The van der Waals surface area contributed by atoms with Crippen LogP contribution in [-0.2, 0) is 11.4 Å². The highest BCUT2D eigenvalue weighted by molar-refractivity contribution is 6.31. The number of carbonyl (C=O) groups excluding carboxylic acids is 1. The molecule has 0 bridgehead atoms. The molecule has 0 amide bonds. The highest BCUT2D eigenvalue weighted by Crippen LogP contribution is 2.36. The molecule has 0 spiro atoms. The van der Waals surface area contributed by atoms with Crippen molar-refractivity contribution in [3.05, 3.63) is 76.1 Å². The maximum absolute atomic E-state index is 11.8. The van der Waals surface area contributed by atoms with Crippen molar-refractivity contribution in [2.45, 2.75) is 32.8 Å². The van der Waals surface area contributed by atoms with Crippen LogP contribution in [0.4, 0.5) is 0 Å². The first-order chi connectivity index (χ1) is 13.5. The second-order valence-corrected chi connectivity index (χ2v) is 7.08. The van der Waals surface area contributed by atoms with Crippen LogP contribution >= 0.6 is 11.6 Å². The fourth-order valence-electron chi connectivity index (χ4n) is 3.21. The number of rotatable bonds is 8. The van der Waals surface area contributed by atoms with Crippen LogP contribution in [0.1, 0.15) is 41.6 Å². The topological polar surface area (TPSA) is 64.2 Å². The molecule has 1 aromatic heterocycles. The van der Waals surface area contributed by atoms with Gasteiger partial charge in [0.05, 0.1) is 12.8 Å². The van der Waals surface area contributed by atoms with E-state index in [0.717, 1.165) is 22.4 Å². The van der Waals surface area contributed by atoms with Gasteiger partial charge in [-0.25, -0.2) is 0 Å². The Balaban J connectivity index is 1.87. The van der Waals surface area contributed by atoms with Gasteiger partial charge >= 0.3 is 0 Å². The molecule has 0 fully saturated rings. The molecule has 3 rings (SSSR count). The number of carbonyl (C=O) groups is 1. The van der Waals surface area contributed by atoms with Crippen molar-refractivity contribution in [1.82, 2.24) is 10.2 Å². The van der Waals surface area contributed by atoms with Crippen LogP contribution in [0.25, 0.3) is 0 Å². The lowest BCUT2D eigenvalue weighted by Gasteiger charge is -2.18. The molecule has 6 heteroatoms. The van der Waals surface area contributed by atoms with E-state index in [-0.39, 0.29) is 11.7 Å². The molecule has 1 unspecified atom stereocenters. The van der Waals surface area contributed by atoms with Crippen molar-refractivity contribution < 1.29 is 14.3 Å². The molecule has 3 aromatic rings. The number of H-pyrrole nitrogens is 1. The second kappa shape index (κ2) is 8.93. The van der Waals surface area contributed by atoms with Crippen LogP contribution in [0.3, 0.4) is 0 Å². The monoisotopic (exact) mass is 398 g/mol. The largest absolute Gasteiger partial charge is 0.493 e. The minimum Gasteiger partial charge on any atom is -0.493 e. The lowest BCUT2D eigenvalue weighted by Crippen LogP contribution is -2.08. The molecule has 1 atom stereocenters. The van der Waals surface area contributed by atoms with Gasteiger partial charge in [0.25, 0.3) is 0 Å². The fraction of sp³-hybridized carbons (Fsp3) is 0.273. The number of aromatic nitrogens is 2. The molecule has 0 aliphatic carbocycles. The first kappa shape index (κ1) is 20.0. The number of nitrogens with one attached hydrogen (secondary N) is 1. The highest BCUT2D eigenvalue weighted by Gasteiger charge is 2.21. The van der Waals surface area contributed by atoms with Gasteiger partial charge in [-0.2, -0.15) is 5.10 Å². The molecule has 1 N–H and O–H groups in total. The van der Waals surface area contributed by atoms with Gasteiger partial charge in [0, 0.05) is 34.7 Å². The Bertz CT molecular complexity index is 968. The quantitative estimate of drug-likeness (QED) is 0.575. The number of aryl methyl sites for hydroxylation is 1. The van der Waals surface area contributed by atoms with Crippen molar-refractivity contribution in [3.8, 4) is 11.5 Å². The molecule has 0 aliphatic heterocycles. The van der Waals surface area contributed by atoms with E-state index >= 15 is 0 Å². The number of ether oxygens (including phenoxy) is 2. The van der Waals surface area contributed by atoms with Crippen LogP contribution in [0.2, 0.25) is 5.02 Å². The van der Waals surface area contributed by atoms with Crippen molar-refractivity contribution in [2.75, 3.05) is 7.11 Å². The summed E-state index contributed by atoms with van der Waals surface area (Å²) in [5, 5.41) is 7.73. The predicted octanol–water partition coefficient (Wildman–Crippen LogP) is 5.07. The molecule has 1 heterocycles. The number of aromatic amines is 1. The van der Waals surface area contributed by atoms with Crippen LogP contribution in [-0.4, -0.2) is 23.1 Å². The summed E-state index contributed by atoms with van der Waals surface area (Å²) in [5.41, 5.74) is 3.76. The third-order valence-corrected chi connectivity index (χ3v) is 5.04. The summed E-state index contributed by atoms with van der Waals surface area (Å²) >= 11 is 6.20. The van der Waals surface area contributed by atoms with Crippen molar-refractivity contribution >= 4 is 17.4 Å². The summed E-state index contributed by atoms with van der Waals surface area (Å²) in [5.74, 6) is 1.25. The van der Waals surface area contributed by atoms with E-state index < -0.39 is 0 Å². The van der Waals surface area contributed by atoms with E-state index in [0.29, 0.717) is 29.5 Å². The van der Waals surface area contributed by atoms with Gasteiger partial charge in [0.1, 0.15) is 12.4 Å². The molecule has 0 radical (unpaired) electrons. The maximum atomic E-state index is 11.8. The van der Waals surface area contributed by atoms with E-state index in [1.54, 1.807) is 14.0 Å². The first-order valence-corrected chi connectivity index (χ1v) is 9.41. The zero-order valence-electron chi connectivity index (χ0n) is 16.2. The molecule has 2 aromatic carbocycles. The average Bonchev–Trinajstić information content (AvgIpc) is 3.11. The summed E-state index contributed by atoms with van der Waals surface area (Å²) in [6, 6.07) is 13.3. The van der Waals surface area contributed by atoms with Gasteiger partial charge in [0.15, 0.2) is 11.5 Å². The number of hydrogen-bond acceptors (Lipinski definition) is 4. The highest BCUT2D eigenvalue weighted by atomic mass is 35.5. The summed E-state index contributed by atoms with van der Waals surface area (Å²) in [6.45, 7) is 3.87. The minimum absolute atomic E-state index is 0.0947. The Morgan fingerprint density at radius 2 is 2.00 bits per heavy atom. The third-order valence-electron chi connectivity index (χ3n) is 4.67. The van der Waals surface area contributed by atoms with Gasteiger partial charge in [-0.05, 0) is 37.6 Å². The van der Waals surface area contributed by atoms with Crippen molar-refractivity contribution in [2.24, 2.45) is 0 Å². The Hall–Kier alpha value is -2.79. The number of halogens is 1. The van der Waals surface area contributed by atoms with Gasteiger partial charge in [0.2, 0.25) is 0 Å². The zero-order valence-corrected chi connectivity index (χ0v) is 16.9. The molecule has 0 aliphatic rings. The van der Waals surface area contributed by atoms with Crippen molar-refractivity contribution in [1.29, 1.82) is 0 Å². The number of nitrogens with zero attached hydrogens (tertiary/aromatic N) is 1. The SMILES string of the molecule is COc1cc(C(CC(C)=O)c2c[nH]nc2C)ccc1OCc1ccccc1Cl. The van der Waals surface area contributed by atoms with Crippen LogP contribution in [0.15, 0.2) is 48.7 Å². The van der Waals surface area contributed by atoms with E-state index in [1.165, 1.54) is 0 Å². The molecule has 146 valence electrons. The van der Waals surface area contributed by atoms with Gasteiger partial charge in [-0.15, -0.1) is 0 Å². The standard InChI is InChI=1S/C22H23ClN2O3/c1-14(26)10-18(19-12-24-25-15(19)2)16-8-9-21(22(11-16)27-3)28-13-17-6-4-5-7-20(17)23/h4-9,11-12,18H,10,13H2,1-3H3,(H,24,25). The minimum atomic E-state index is -0.0947. The van der Waals surface area contributed by atoms with E-state index in [9.17, 15) is 4.79 Å². The average molecular weight is 399 g/mol. The fourth-order valence-corrected chi connectivity index (χ4v) is 3.40. The molecule has 0 saturated carbocycles. The summed E-state index contributed by atoms with van der Waals surface area (Å²) in [6.07, 6.45) is 2.24. The Labute approximate surface area is 169 Å². The number of ketones is 1. The molecule has 28 heavy (non-hydrogen) atoms. The summed E-state index contributed by atoms with van der Waals surface area (Å²) in [7, 11) is 1.60. The van der Waals surface area contributed by atoms with Gasteiger partial charge < -0.3 is 9.47 Å². The number of benzene rings is 2. The molecule has 5 nitrogen and oxygen atoms in total. The second-order valence-electron chi connectivity index (χ2n) is 6.68. The van der Waals surface area contributed by atoms with Crippen molar-refractivity contribution in [3.63, 3.8) is 0 Å². The number of methoxy groups -OCH3 is 1. The Morgan fingerprint density at radius 3 is 2.64 bits per heavy atom. The smallest absolute Gasteiger partial charge is 0.161 e. The lowest BCUT2D eigenvalue weighted by atomic mass is 9.87. The summed E-state index contributed by atoms with van der Waals surface area (Å²) < 4.78 is 11.5. The van der Waals surface area contributed by atoms with Crippen LogP contribution in [0.5, 0.6) is 11.5 Å². The van der Waals surface area contributed by atoms with E-state index in [2.05, 4.69) is 10.2 Å². The zero-order chi connectivity index (χ0) is 20.1. The predicted molar refractivity (Wildman–Crippen MR) is 109 cm³/mol. The van der Waals surface area contributed by atoms with Gasteiger partial charge in [-0.3, -0.25) is 9.89 Å². The van der Waals surface area contributed by atoms with Crippen LogP contribution in [0, 0.1) is 6.92 Å². The Morgan fingerprint density at radius 1 is 1.21 bits per heavy atom. The van der Waals surface area contributed by atoms with E-state index in [4.69, 9.17) is 21.1 Å². The Kier molecular flexibility index (Phi) is 6.37. The lowest BCUT2D eigenvalue weighted by molar-refractivity contribution is -0.117. The molecule has 0 saturated heterocycles. The third kappa shape index (κ3) is 4.54. The van der Waals surface area contributed by atoms with Crippen LogP contribution < -0.4 is 9.47 Å². The number of Topliss-reactive ketones (excluding diaryl/α,β-unsaturated/α-hetero) is 1. The molecular formula is C22H23ClN2O3. The summed E-state index contributed by atoms with van der Waals surface area (Å²) in [4.78, 5) is 11.8.